The average Bonchev–Trinajstić information content (AvgIpc) is 2.62. The van der Waals surface area contributed by atoms with Crippen molar-refractivity contribution in [2.45, 2.75) is 6.43 Å². The lowest BCUT2D eigenvalue weighted by atomic mass is 10.4. The molecular formula is C8H11ClF2N2OS. The van der Waals surface area contributed by atoms with E-state index in [0.717, 1.165) is 5.00 Å². The molecule has 1 heterocycles. The Bertz CT molecular complexity index is 319. The van der Waals surface area contributed by atoms with Crippen LogP contribution in [0.4, 0.5) is 13.8 Å². The van der Waals surface area contributed by atoms with Crippen LogP contribution in [0.2, 0.25) is 0 Å². The molecule has 0 fully saturated rings. The van der Waals surface area contributed by atoms with Crippen LogP contribution >= 0.6 is 23.7 Å². The Hall–Kier alpha value is -0.880. The molecule has 3 nitrogen and oxygen atoms in total. The Labute approximate surface area is 96.3 Å². The predicted octanol–water partition coefficient (Wildman–Crippen LogP) is 2.21. The van der Waals surface area contributed by atoms with Crippen LogP contribution in [-0.4, -0.2) is 25.9 Å². The zero-order valence-electron chi connectivity index (χ0n) is 7.92. The van der Waals surface area contributed by atoms with Crippen LogP contribution in [0.15, 0.2) is 12.1 Å². The number of thiophene rings is 1. The molecule has 0 aliphatic heterocycles. The molecule has 0 saturated carbocycles. The summed E-state index contributed by atoms with van der Waals surface area (Å²) in [5.41, 5.74) is 0. The van der Waals surface area contributed by atoms with Gasteiger partial charge >= 0.3 is 0 Å². The van der Waals surface area contributed by atoms with Crippen molar-refractivity contribution in [2.75, 3.05) is 18.9 Å². The first-order valence-electron chi connectivity index (χ1n) is 3.97. The third-order valence-corrected chi connectivity index (χ3v) is 2.59. The van der Waals surface area contributed by atoms with Gasteiger partial charge in [-0.05, 0) is 12.1 Å². The summed E-state index contributed by atoms with van der Waals surface area (Å²) in [5.74, 6) is -0.461. The van der Waals surface area contributed by atoms with Gasteiger partial charge in [-0.15, -0.1) is 23.7 Å². The van der Waals surface area contributed by atoms with E-state index in [1.807, 2.05) is 0 Å². The molecule has 0 bridgehead atoms. The predicted molar refractivity (Wildman–Crippen MR) is 59.5 cm³/mol. The minimum Gasteiger partial charge on any atom is -0.380 e. The van der Waals surface area contributed by atoms with E-state index >= 15 is 0 Å². The molecule has 1 aromatic rings. The van der Waals surface area contributed by atoms with Crippen LogP contribution < -0.4 is 10.6 Å². The lowest BCUT2D eigenvalue weighted by molar-refractivity contribution is 0.0895. The Morgan fingerprint density at radius 1 is 1.53 bits per heavy atom. The molecule has 0 spiro atoms. The number of carbonyl (C=O) groups excluding carboxylic acids is 1. The van der Waals surface area contributed by atoms with Gasteiger partial charge in [0.05, 0.1) is 16.4 Å². The topological polar surface area (TPSA) is 41.1 Å². The first-order chi connectivity index (χ1) is 6.63. The molecule has 0 radical (unpaired) electrons. The van der Waals surface area contributed by atoms with Crippen LogP contribution in [0.1, 0.15) is 9.67 Å². The van der Waals surface area contributed by atoms with Gasteiger partial charge in [0.25, 0.3) is 12.3 Å². The summed E-state index contributed by atoms with van der Waals surface area (Å²) in [5, 5.41) is 5.81. The van der Waals surface area contributed by atoms with Gasteiger partial charge in [-0.2, -0.15) is 0 Å². The van der Waals surface area contributed by atoms with E-state index in [1.165, 1.54) is 11.3 Å². The number of amides is 1. The second kappa shape index (κ2) is 6.58. The van der Waals surface area contributed by atoms with Gasteiger partial charge in [-0.1, -0.05) is 0 Å². The second-order valence-electron chi connectivity index (χ2n) is 2.52. The fourth-order valence-electron chi connectivity index (χ4n) is 0.851. The summed E-state index contributed by atoms with van der Waals surface area (Å²) >= 11 is 1.22. The minimum atomic E-state index is -2.51. The Morgan fingerprint density at radius 2 is 2.20 bits per heavy atom. The second-order valence-corrected chi connectivity index (χ2v) is 3.60. The van der Waals surface area contributed by atoms with Crippen molar-refractivity contribution in [2.24, 2.45) is 0 Å². The minimum absolute atomic E-state index is 0. The molecule has 0 unspecified atom stereocenters. The molecule has 0 saturated heterocycles. The van der Waals surface area contributed by atoms with Gasteiger partial charge in [-0.3, -0.25) is 4.79 Å². The molecule has 0 aliphatic rings. The third-order valence-electron chi connectivity index (χ3n) is 1.49. The maximum Gasteiger partial charge on any atom is 0.261 e. The number of anilines is 1. The lowest BCUT2D eigenvalue weighted by Crippen LogP contribution is -2.27. The summed E-state index contributed by atoms with van der Waals surface area (Å²) < 4.78 is 23.5. The number of carbonyl (C=O) groups is 1. The van der Waals surface area contributed by atoms with Crippen molar-refractivity contribution in [1.29, 1.82) is 0 Å². The van der Waals surface area contributed by atoms with E-state index in [2.05, 4.69) is 10.6 Å². The number of hydrogen-bond donors (Lipinski definition) is 2. The van der Waals surface area contributed by atoms with Crippen molar-refractivity contribution in [1.82, 2.24) is 5.32 Å². The van der Waals surface area contributed by atoms with Crippen LogP contribution in [0.25, 0.3) is 0 Å². The van der Waals surface area contributed by atoms with Crippen LogP contribution in [-0.2, 0) is 0 Å². The van der Waals surface area contributed by atoms with Gasteiger partial charge in [0.2, 0.25) is 0 Å². The van der Waals surface area contributed by atoms with E-state index in [1.54, 1.807) is 19.2 Å². The monoisotopic (exact) mass is 256 g/mol. The van der Waals surface area contributed by atoms with E-state index in [9.17, 15) is 13.6 Å². The number of alkyl halides is 2. The summed E-state index contributed by atoms with van der Waals surface area (Å²) in [6, 6.07) is 3.32. The molecule has 0 aromatic carbocycles. The highest BCUT2D eigenvalue weighted by Gasteiger charge is 2.10. The summed E-state index contributed by atoms with van der Waals surface area (Å²) in [6.45, 7) is -0.606. The molecule has 7 heteroatoms. The maximum absolute atomic E-state index is 11.8. The highest BCUT2D eigenvalue weighted by Crippen LogP contribution is 2.20. The maximum atomic E-state index is 11.8. The van der Waals surface area contributed by atoms with E-state index < -0.39 is 18.9 Å². The molecule has 1 amide bonds. The zero-order chi connectivity index (χ0) is 10.6. The quantitative estimate of drug-likeness (QED) is 0.867. The third kappa shape index (κ3) is 4.44. The molecule has 86 valence electrons. The molecule has 1 aromatic heterocycles. The average molecular weight is 257 g/mol. The molecule has 0 aliphatic carbocycles. The Balaban J connectivity index is 0.00000196. The van der Waals surface area contributed by atoms with Crippen LogP contribution in [0, 0.1) is 0 Å². The Morgan fingerprint density at radius 3 is 2.67 bits per heavy atom. The standard InChI is InChI=1S/C8H10F2N2OS.ClH/c1-11-7-3-2-5(14-7)8(13)12-4-6(9)10;/h2-3,6,11H,4H2,1H3,(H,12,13);1H. The molecular weight excluding hydrogens is 246 g/mol. The first-order valence-corrected chi connectivity index (χ1v) is 4.79. The van der Waals surface area contributed by atoms with Gasteiger partial charge in [0, 0.05) is 7.05 Å². The van der Waals surface area contributed by atoms with E-state index in [4.69, 9.17) is 0 Å². The fourth-order valence-corrected chi connectivity index (χ4v) is 1.63. The summed E-state index contributed by atoms with van der Waals surface area (Å²) in [6.07, 6.45) is -2.51. The van der Waals surface area contributed by atoms with Crippen LogP contribution in [0.5, 0.6) is 0 Å². The van der Waals surface area contributed by atoms with E-state index in [-0.39, 0.29) is 12.4 Å². The number of rotatable bonds is 4. The van der Waals surface area contributed by atoms with Gasteiger partial charge in [-0.25, -0.2) is 8.78 Å². The number of halogens is 3. The number of hydrogen-bond acceptors (Lipinski definition) is 3. The van der Waals surface area contributed by atoms with Crippen molar-refractivity contribution in [3.63, 3.8) is 0 Å². The Kier molecular flexibility index (Phi) is 6.19. The highest BCUT2D eigenvalue weighted by molar-refractivity contribution is 7.17. The number of nitrogens with one attached hydrogen (secondary N) is 2. The molecule has 15 heavy (non-hydrogen) atoms. The van der Waals surface area contributed by atoms with E-state index in [0.29, 0.717) is 4.88 Å². The first kappa shape index (κ1) is 14.1. The summed E-state index contributed by atoms with van der Waals surface area (Å²) in [7, 11) is 1.73. The fraction of sp³-hybridized carbons (Fsp3) is 0.375. The van der Waals surface area contributed by atoms with Crippen molar-refractivity contribution >= 4 is 34.7 Å². The normalized spacial score (nSPS) is 9.60. The summed E-state index contributed by atoms with van der Waals surface area (Å²) in [4.78, 5) is 11.6. The van der Waals surface area contributed by atoms with Crippen LogP contribution in [0.3, 0.4) is 0 Å². The van der Waals surface area contributed by atoms with Crippen molar-refractivity contribution in [3.05, 3.63) is 17.0 Å². The largest absolute Gasteiger partial charge is 0.380 e. The van der Waals surface area contributed by atoms with Gasteiger partial charge < -0.3 is 10.6 Å². The van der Waals surface area contributed by atoms with Crippen molar-refractivity contribution in [3.8, 4) is 0 Å². The SMILES string of the molecule is CNc1ccc(C(=O)NCC(F)F)s1.Cl. The lowest BCUT2D eigenvalue weighted by Gasteiger charge is -2.01. The molecule has 1 rings (SSSR count). The van der Waals surface area contributed by atoms with Gasteiger partial charge in [0.15, 0.2) is 0 Å². The van der Waals surface area contributed by atoms with Gasteiger partial charge in [0.1, 0.15) is 0 Å². The molecule has 2 N–H and O–H groups in total. The molecule has 0 atom stereocenters. The smallest absolute Gasteiger partial charge is 0.261 e. The zero-order valence-corrected chi connectivity index (χ0v) is 9.55. The van der Waals surface area contributed by atoms with Crippen molar-refractivity contribution < 1.29 is 13.6 Å². The highest BCUT2D eigenvalue weighted by atomic mass is 35.5.